The lowest BCUT2D eigenvalue weighted by atomic mass is 10.2. The van der Waals surface area contributed by atoms with Gasteiger partial charge in [-0.25, -0.2) is 4.98 Å². The van der Waals surface area contributed by atoms with Crippen LogP contribution in [0.25, 0.3) is 0 Å². The molecule has 0 saturated heterocycles. The van der Waals surface area contributed by atoms with E-state index in [0.29, 0.717) is 5.95 Å². The molecule has 3 N–H and O–H groups in total. The fraction of sp³-hybridized carbons (Fsp3) is 0.400. The van der Waals surface area contributed by atoms with E-state index in [-0.39, 0.29) is 18.0 Å². The first-order valence-corrected chi connectivity index (χ1v) is 6.32. The number of hydrogen-bond donors (Lipinski definition) is 2. The lowest BCUT2D eigenvalue weighted by Crippen LogP contribution is -2.13. The van der Waals surface area contributed by atoms with Gasteiger partial charge in [0.05, 0.1) is 13.2 Å². The lowest BCUT2D eigenvalue weighted by Gasteiger charge is -2.14. The number of methoxy groups -OCH3 is 1. The van der Waals surface area contributed by atoms with Crippen LogP contribution in [0.15, 0.2) is 11.6 Å². The van der Waals surface area contributed by atoms with Crippen LogP contribution in [0.4, 0.5) is 11.9 Å². The number of rotatable bonds is 5. The molecule has 96 valence electrons. The van der Waals surface area contributed by atoms with Gasteiger partial charge in [-0.2, -0.15) is 15.0 Å². The standard InChI is InChI=1S/C10H14N6OS/c1-3-6(7-12-4-5-18-7)13-9-14-8(11)15-10(16-9)17-2/h4-6H,3H2,1-2H3,(H3,11,13,14,15,16). The van der Waals surface area contributed by atoms with Gasteiger partial charge in [0.2, 0.25) is 11.9 Å². The van der Waals surface area contributed by atoms with Crippen LogP contribution in [0.5, 0.6) is 6.01 Å². The van der Waals surface area contributed by atoms with Gasteiger partial charge in [0.25, 0.3) is 0 Å². The lowest BCUT2D eigenvalue weighted by molar-refractivity contribution is 0.379. The molecule has 0 aliphatic heterocycles. The van der Waals surface area contributed by atoms with Gasteiger partial charge in [-0.15, -0.1) is 11.3 Å². The van der Waals surface area contributed by atoms with E-state index in [1.165, 1.54) is 7.11 Å². The average Bonchev–Trinajstić information content (AvgIpc) is 2.89. The highest BCUT2D eigenvalue weighted by atomic mass is 32.1. The Labute approximate surface area is 108 Å². The average molecular weight is 266 g/mol. The number of thiazole rings is 1. The first-order valence-electron chi connectivity index (χ1n) is 5.44. The van der Waals surface area contributed by atoms with Gasteiger partial charge in [0.15, 0.2) is 0 Å². The minimum atomic E-state index is 0.0523. The molecule has 1 atom stereocenters. The van der Waals surface area contributed by atoms with Crippen molar-refractivity contribution in [2.24, 2.45) is 0 Å². The van der Waals surface area contributed by atoms with E-state index in [9.17, 15) is 0 Å². The highest BCUT2D eigenvalue weighted by molar-refractivity contribution is 7.09. The minimum absolute atomic E-state index is 0.0523. The molecule has 18 heavy (non-hydrogen) atoms. The first kappa shape index (κ1) is 12.5. The zero-order valence-electron chi connectivity index (χ0n) is 10.1. The molecule has 0 bridgehead atoms. The number of anilines is 2. The van der Waals surface area contributed by atoms with Gasteiger partial charge in [-0.3, -0.25) is 0 Å². The number of ether oxygens (including phenoxy) is 1. The molecule has 8 heteroatoms. The Morgan fingerprint density at radius 1 is 1.44 bits per heavy atom. The number of hydrogen-bond acceptors (Lipinski definition) is 8. The summed E-state index contributed by atoms with van der Waals surface area (Å²) in [4.78, 5) is 16.2. The normalized spacial score (nSPS) is 12.1. The summed E-state index contributed by atoms with van der Waals surface area (Å²) in [5.41, 5.74) is 5.58. The van der Waals surface area contributed by atoms with E-state index in [1.54, 1.807) is 17.5 Å². The zero-order valence-corrected chi connectivity index (χ0v) is 10.9. The minimum Gasteiger partial charge on any atom is -0.467 e. The van der Waals surface area contributed by atoms with E-state index in [1.807, 2.05) is 5.38 Å². The second-order valence-corrected chi connectivity index (χ2v) is 4.41. The number of nitrogens with one attached hydrogen (secondary N) is 1. The Morgan fingerprint density at radius 3 is 2.89 bits per heavy atom. The Bertz CT molecular complexity index is 503. The molecule has 2 aromatic rings. The molecule has 2 rings (SSSR count). The van der Waals surface area contributed by atoms with Gasteiger partial charge in [-0.1, -0.05) is 6.92 Å². The van der Waals surface area contributed by atoms with E-state index < -0.39 is 0 Å². The van der Waals surface area contributed by atoms with Crippen molar-refractivity contribution in [1.82, 2.24) is 19.9 Å². The molecule has 2 aromatic heterocycles. The summed E-state index contributed by atoms with van der Waals surface area (Å²) in [7, 11) is 1.48. The van der Waals surface area contributed by atoms with Crippen LogP contribution in [0, 0.1) is 0 Å². The van der Waals surface area contributed by atoms with Gasteiger partial charge in [0.1, 0.15) is 5.01 Å². The second-order valence-electron chi connectivity index (χ2n) is 3.48. The smallest absolute Gasteiger partial charge is 0.322 e. The highest BCUT2D eigenvalue weighted by Gasteiger charge is 2.14. The summed E-state index contributed by atoms with van der Waals surface area (Å²) in [6, 6.07) is 0.246. The molecule has 0 spiro atoms. The van der Waals surface area contributed by atoms with Crippen molar-refractivity contribution in [2.45, 2.75) is 19.4 Å². The van der Waals surface area contributed by atoms with E-state index in [2.05, 4.69) is 32.2 Å². The van der Waals surface area contributed by atoms with Crippen LogP contribution >= 0.6 is 11.3 Å². The zero-order chi connectivity index (χ0) is 13.0. The molecule has 0 aliphatic carbocycles. The number of nitrogen functional groups attached to an aromatic ring is 1. The predicted molar refractivity (Wildman–Crippen MR) is 69.6 cm³/mol. The monoisotopic (exact) mass is 266 g/mol. The van der Waals surface area contributed by atoms with Crippen molar-refractivity contribution in [3.8, 4) is 6.01 Å². The van der Waals surface area contributed by atoms with Gasteiger partial charge < -0.3 is 15.8 Å². The summed E-state index contributed by atoms with van der Waals surface area (Å²) in [6.45, 7) is 2.06. The molecule has 7 nitrogen and oxygen atoms in total. The van der Waals surface area contributed by atoms with Crippen LogP contribution in [-0.2, 0) is 0 Å². The molecule has 0 aliphatic rings. The number of aromatic nitrogens is 4. The van der Waals surface area contributed by atoms with Crippen LogP contribution < -0.4 is 15.8 Å². The van der Waals surface area contributed by atoms with Crippen LogP contribution in [0.2, 0.25) is 0 Å². The SMILES string of the molecule is CCC(Nc1nc(N)nc(OC)n1)c1nccs1. The quantitative estimate of drug-likeness (QED) is 0.845. The maximum Gasteiger partial charge on any atom is 0.322 e. The molecular formula is C10H14N6OS. The molecule has 0 amide bonds. The summed E-state index contributed by atoms with van der Waals surface area (Å²) >= 11 is 1.58. The molecular weight excluding hydrogens is 252 g/mol. The second kappa shape index (κ2) is 5.58. The predicted octanol–water partition coefficient (Wildman–Crippen LogP) is 1.48. The van der Waals surface area contributed by atoms with Crippen LogP contribution in [-0.4, -0.2) is 27.0 Å². The third-order valence-electron chi connectivity index (χ3n) is 2.28. The Hall–Kier alpha value is -1.96. The molecule has 2 heterocycles. The van der Waals surface area contributed by atoms with Crippen molar-refractivity contribution in [2.75, 3.05) is 18.2 Å². The van der Waals surface area contributed by atoms with Crippen LogP contribution in [0.3, 0.4) is 0 Å². The van der Waals surface area contributed by atoms with Crippen molar-refractivity contribution in [3.63, 3.8) is 0 Å². The van der Waals surface area contributed by atoms with Gasteiger partial charge >= 0.3 is 6.01 Å². The van der Waals surface area contributed by atoms with E-state index in [4.69, 9.17) is 10.5 Å². The fourth-order valence-corrected chi connectivity index (χ4v) is 2.20. The number of nitrogens with zero attached hydrogens (tertiary/aromatic N) is 4. The summed E-state index contributed by atoms with van der Waals surface area (Å²) in [5.74, 6) is 0.514. The van der Waals surface area contributed by atoms with Crippen molar-refractivity contribution >= 4 is 23.2 Å². The Balaban J connectivity index is 2.19. The topological polar surface area (TPSA) is 98.8 Å². The summed E-state index contributed by atoms with van der Waals surface area (Å²) < 4.78 is 4.95. The molecule has 0 radical (unpaired) electrons. The Morgan fingerprint density at radius 2 is 2.28 bits per heavy atom. The summed E-state index contributed by atoms with van der Waals surface area (Å²) in [6.07, 6.45) is 2.63. The Kier molecular flexibility index (Phi) is 3.88. The largest absolute Gasteiger partial charge is 0.467 e. The van der Waals surface area contributed by atoms with E-state index in [0.717, 1.165) is 11.4 Å². The molecule has 0 fully saturated rings. The fourth-order valence-electron chi connectivity index (χ4n) is 1.43. The van der Waals surface area contributed by atoms with Crippen molar-refractivity contribution in [3.05, 3.63) is 16.6 Å². The van der Waals surface area contributed by atoms with Crippen LogP contribution in [0.1, 0.15) is 24.4 Å². The number of nitrogens with two attached hydrogens (primary N) is 1. The highest BCUT2D eigenvalue weighted by Crippen LogP contribution is 2.23. The first-order chi connectivity index (χ1) is 8.72. The molecule has 1 unspecified atom stereocenters. The third kappa shape index (κ3) is 2.83. The maximum absolute atomic E-state index is 5.58. The molecule has 0 aromatic carbocycles. The van der Waals surface area contributed by atoms with Crippen molar-refractivity contribution in [1.29, 1.82) is 0 Å². The maximum atomic E-state index is 5.58. The van der Waals surface area contributed by atoms with Crippen molar-refractivity contribution < 1.29 is 4.74 Å². The summed E-state index contributed by atoms with van der Waals surface area (Å²) in [5, 5.41) is 6.09. The molecule has 0 saturated carbocycles. The van der Waals surface area contributed by atoms with Gasteiger partial charge in [-0.05, 0) is 6.42 Å². The third-order valence-corrected chi connectivity index (χ3v) is 3.17. The van der Waals surface area contributed by atoms with Gasteiger partial charge in [0, 0.05) is 11.6 Å². The van der Waals surface area contributed by atoms with E-state index >= 15 is 0 Å².